The molecule has 1 atom stereocenters. The molecule has 11 N–H and O–H groups in total. The number of methoxy groups -OCH3 is 3. The Labute approximate surface area is 819 Å². The van der Waals surface area contributed by atoms with E-state index >= 15 is 0 Å². The highest BCUT2D eigenvalue weighted by Crippen LogP contribution is 2.40. The SMILES string of the molecule is CCc1cc(-c2ccc(CS(=O)(=O)c3ccccc3Cl)nc2OC)cc2cnc(F)nc12.CCc1cc(-c2ccc(CS(=O)(=O)c3ccccc3Cl)nc2OC)cc2cnc(NC3CCC(N)CC3)nc12.CCc1cc(Br)cc2cnc(F)nc12.CCc1cc(Br)cc2cnc(N)nc12.COc1nc(N)ccc1B1OC(C)(C)C(C)(C)O1.NC1CCC(N)CC1.O=S([O-])c1ccccc1Cl. The number of fused-ring (bicyclic) bond motifs is 4. The number of rotatable bonds is 19. The third-order valence-corrected chi connectivity index (χ3v) is 29.2. The second kappa shape index (κ2) is 47.7. The lowest BCUT2D eigenvalue weighted by atomic mass is 9.79. The van der Waals surface area contributed by atoms with Crippen LogP contribution in [0.5, 0.6) is 17.6 Å². The predicted octanol–water partition coefficient (Wildman–Crippen LogP) is 19.0. The Hall–Kier alpha value is -10.3. The monoisotopic (exact) mass is 2080 g/mol. The zero-order chi connectivity index (χ0) is 97.8. The second-order valence-corrected chi connectivity index (χ2v) is 40.8. The molecule has 28 nitrogen and oxygen atoms in total. The van der Waals surface area contributed by atoms with Crippen molar-refractivity contribution in [1.29, 1.82) is 0 Å². The standard InChI is InChI=1S/C29H32ClN5O3S.C23H19ClFN3O3S.C12H19BN2O3.C10H8BrFN2.C10H10BrN3.C6H5ClO2S.C6H14N2/c1-3-18-14-19(15-20-16-32-29(35-27(18)20)34-22-10-8-21(31)9-11-22)24-13-12-23(33-28(24)38-2)17-39(36,37)26-7-5-4-6-25(26)30;1-3-14-10-15(11-16-12-26-23(25)28-21(14)16)18-9-8-17(27-22(18)31-2)13-32(29,30)20-7-5-4-6-19(20)24;1-11(2)12(3,4)18-13(17-11)8-6-7-9(14)15-10(8)16-5;2*1-2-6-3-8(11)4-7-5-13-10(12)14-9(6)7;7-5-3-1-2-4-6(5)10(8)9;7-5-1-2-6(8)4-3-5/h4-7,12-16,21-22H,3,8-11,17,31H2,1-2H3,(H,32,34,35);4-12H,3,13H2,1-2H3;6-7H,1-5H3,(H2,14,15);3-5H,2H2,1H3;3-5H,2H2,1H3,(H2,12,13,14);1-4H,(H,8,9);5-6H,1-4,7-8H2/p-1. The van der Waals surface area contributed by atoms with Crippen LogP contribution in [0, 0.1) is 12.2 Å². The van der Waals surface area contributed by atoms with E-state index in [4.69, 9.17) is 92.0 Å². The van der Waals surface area contributed by atoms with Crippen molar-refractivity contribution >= 4 is 171 Å². The molecule has 2 saturated carbocycles. The summed E-state index contributed by atoms with van der Waals surface area (Å²) in [4.78, 5) is 45.9. The number of aryl methyl sites for hydroxylation is 4. The van der Waals surface area contributed by atoms with Gasteiger partial charge in [-0.15, -0.1) is 0 Å². The molecule has 0 bridgehead atoms. The summed E-state index contributed by atoms with van der Waals surface area (Å²) in [6.45, 7) is 16.2. The van der Waals surface area contributed by atoms with Crippen LogP contribution in [0.2, 0.25) is 15.1 Å². The zero-order valence-electron chi connectivity index (χ0n) is 76.3. The van der Waals surface area contributed by atoms with Crippen LogP contribution >= 0.6 is 66.7 Å². The van der Waals surface area contributed by atoms with E-state index in [1.807, 2.05) is 96.3 Å². The van der Waals surface area contributed by atoms with Crippen molar-refractivity contribution in [1.82, 2.24) is 54.8 Å². The van der Waals surface area contributed by atoms with E-state index in [0.29, 0.717) is 87.4 Å². The summed E-state index contributed by atoms with van der Waals surface area (Å²) in [6, 6.07) is 46.7. The topological polar surface area (TPSA) is 438 Å². The first kappa shape index (κ1) is 105. The minimum atomic E-state index is -3.69. The Balaban J connectivity index is 0.000000162. The molecule has 712 valence electrons. The van der Waals surface area contributed by atoms with Gasteiger partial charge in [-0.05, 0) is 264 Å². The molecule has 135 heavy (non-hydrogen) atoms. The van der Waals surface area contributed by atoms with Crippen LogP contribution in [0.1, 0.15) is 140 Å². The van der Waals surface area contributed by atoms with Gasteiger partial charge in [0.15, 0.2) is 19.7 Å². The molecule has 0 amide bonds. The van der Waals surface area contributed by atoms with Gasteiger partial charge >= 0.3 is 19.3 Å². The first-order valence-corrected chi connectivity index (χ1v) is 50.5. The van der Waals surface area contributed by atoms with Crippen LogP contribution in [0.4, 0.5) is 26.5 Å². The molecule has 3 fully saturated rings. The van der Waals surface area contributed by atoms with Crippen molar-refractivity contribution in [2.75, 3.05) is 38.1 Å². The predicted molar refractivity (Wildman–Crippen MR) is 537 cm³/mol. The van der Waals surface area contributed by atoms with Gasteiger partial charge in [0.2, 0.25) is 29.5 Å². The van der Waals surface area contributed by atoms with Crippen molar-refractivity contribution in [2.24, 2.45) is 17.2 Å². The van der Waals surface area contributed by atoms with Crippen molar-refractivity contribution in [3.05, 3.63) is 252 Å². The lowest BCUT2D eigenvalue weighted by Gasteiger charge is -2.32. The smallest absolute Gasteiger partial charge is 0.500 e. The van der Waals surface area contributed by atoms with Gasteiger partial charge in [0.1, 0.15) is 5.82 Å². The van der Waals surface area contributed by atoms with Crippen molar-refractivity contribution < 1.29 is 57.9 Å². The fourth-order valence-corrected chi connectivity index (χ4v) is 20.5. The molecule has 17 rings (SSSR count). The lowest BCUT2D eigenvalue weighted by molar-refractivity contribution is 0.00578. The molecule has 7 aromatic carbocycles. The first-order chi connectivity index (χ1) is 64.3. The van der Waals surface area contributed by atoms with Crippen LogP contribution < -0.4 is 53.7 Å². The van der Waals surface area contributed by atoms with Gasteiger partial charge in [-0.2, -0.15) is 13.8 Å². The minimum absolute atomic E-state index is 0.0564. The fourth-order valence-electron chi connectivity index (χ4n) is 15.0. The van der Waals surface area contributed by atoms with E-state index in [9.17, 15) is 34.4 Å². The molecule has 2 aliphatic carbocycles. The van der Waals surface area contributed by atoms with Crippen LogP contribution in [-0.2, 0) is 77.3 Å². The Morgan fingerprint density at radius 2 is 0.867 bits per heavy atom. The van der Waals surface area contributed by atoms with Gasteiger partial charge < -0.3 is 62.1 Å². The fraction of sp³-hybridized carbons (Fsp3) is 0.323. The molecule has 3 aliphatic rings. The number of ether oxygens (including phenoxy) is 3. The maximum Gasteiger partial charge on any atom is 0.500 e. The number of nitrogens with one attached hydrogen (secondary N) is 1. The number of hydrogen-bond acceptors (Lipinski definition) is 28. The molecular formula is C96H106BBr2Cl3F2N17O11S3-. The van der Waals surface area contributed by atoms with Crippen molar-refractivity contribution in [2.45, 2.75) is 194 Å². The Morgan fingerprint density at radius 1 is 0.481 bits per heavy atom. The molecule has 0 radical (unpaired) electrons. The van der Waals surface area contributed by atoms with Crippen molar-refractivity contribution in [3.63, 3.8) is 0 Å². The van der Waals surface area contributed by atoms with Crippen molar-refractivity contribution in [3.8, 4) is 39.9 Å². The quantitative estimate of drug-likeness (QED) is 0.0249. The van der Waals surface area contributed by atoms with Gasteiger partial charge in [-0.3, -0.25) is 4.21 Å². The highest BCUT2D eigenvalue weighted by atomic mass is 79.9. The summed E-state index contributed by atoms with van der Waals surface area (Å²) < 4.78 is 129. The molecule has 0 spiro atoms. The number of nitrogens with two attached hydrogens (primary N) is 5. The van der Waals surface area contributed by atoms with Gasteiger partial charge in [0, 0.05) is 101 Å². The van der Waals surface area contributed by atoms with E-state index < -0.39 is 50.0 Å². The highest BCUT2D eigenvalue weighted by molar-refractivity contribution is 9.10. The number of anilines is 3. The lowest BCUT2D eigenvalue weighted by Crippen LogP contribution is -2.41. The molecular weight excluding hydrogens is 1980 g/mol. The van der Waals surface area contributed by atoms with Crippen LogP contribution in [0.3, 0.4) is 0 Å². The number of sulfone groups is 2. The van der Waals surface area contributed by atoms with Crippen LogP contribution in [0.15, 0.2) is 206 Å². The number of nitrogens with zero attached hydrogens (tertiary/aromatic N) is 11. The molecule has 7 aromatic heterocycles. The summed E-state index contributed by atoms with van der Waals surface area (Å²) in [6.07, 6.45) is 16.8. The summed E-state index contributed by atoms with van der Waals surface area (Å²) >= 11 is 22.4. The molecule has 1 aliphatic heterocycles. The highest BCUT2D eigenvalue weighted by Gasteiger charge is 2.53. The second-order valence-electron chi connectivity index (χ2n) is 32.9. The number of nitrogen functional groups attached to an aromatic ring is 2. The average Bonchev–Trinajstić information content (AvgIpc) is 1.64. The van der Waals surface area contributed by atoms with E-state index in [2.05, 4.69) is 113 Å². The molecule has 39 heteroatoms. The number of halogens is 7. The number of pyridine rings is 3. The minimum Gasteiger partial charge on any atom is -0.768 e. The van der Waals surface area contributed by atoms with Gasteiger partial charge in [0.05, 0.1) is 102 Å². The molecule has 14 aromatic rings. The summed E-state index contributed by atoms with van der Waals surface area (Å²) in [7, 11) is -3.31. The average molecular weight is 2090 g/mol. The third-order valence-electron chi connectivity index (χ3n) is 22.9. The van der Waals surface area contributed by atoms with Gasteiger partial charge in [-0.1, -0.05) is 137 Å². The van der Waals surface area contributed by atoms with E-state index in [0.717, 1.165) is 146 Å². The summed E-state index contributed by atoms with van der Waals surface area (Å²) in [5.74, 6) is 1.82. The Kier molecular flexibility index (Phi) is 37.1. The summed E-state index contributed by atoms with van der Waals surface area (Å²) in [5.41, 5.74) is 39.6. The van der Waals surface area contributed by atoms with E-state index in [1.54, 1.807) is 80.0 Å². The van der Waals surface area contributed by atoms with E-state index in [1.165, 1.54) is 62.5 Å². The Bertz CT molecular complexity index is 6690. The first-order valence-electron chi connectivity index (χ1n) is 43.4. The zero-order valence-corrected chi connectivity index (χ0v) is 84.2. The molecule has 8 heterocycles. The van der Waals surface area contributed by atoms with Gasteiger partial charge in [0.25, 0.3) is 0 Å². The largest absolute Gasteiger partial charge is 0.768 e. The number of hydrogen-bond donors (Lipinski definition) is 6. The number of benzene rings is 7. The summed E-state index contributed by atoms with van der Waals surface area (Å²) in [5, 5.41) is 7.57. The maximum atomic E-state index is 13.5. The molecule has 1 saturated heterocycles. The Morgan fingerprint density at radius 3 is 1.28 bits per heavy atom. The maximum absolute atomic E-state index is 13.5. The number of aromatic nitrogens is 11. The van der Waals surface area contributed by atoms with Crippen LogP contribution in [-0.4, -0.2) is 144 Å². The van der Waals surface area contributed by atoms with E-state index in [-0.39, 0.29) is 64.4 Å². The molecule has 1 unspecified atom stereocenters. The van der Waals surface area contributed by atoms with Gasteiger partial charge in [-0.25, -0.2) is 66.7 Å². The van der Waals surface area contributed by atoms with Crippen LogP contribution in [0.25, 0.3) is 65.9 Å². The third kappa shape index (κ3) is 27.8. The normalized spacial score (nSPS) is 16.2.